The fourth-order valence-electron chi connectivity index (χ4n) is 2.60. The average molecular weight is 366 g/mol. The molecule has 8 nitrogen and oxygen atoms in total. The fraction of sp³-hybridized carbons (Fsp3) is 0.158. The molecule has 8 heteroatoms. The number of anilines is 1. The van der Waals surface area contributed by atoms with Gasteiger partial charge in [0.25, 0.3) is 11.6 Å². The highest BCUT2D eigenvalue weighted by Crippen LogP contribution is 2.20. The molecule has 0 aliphatic heterocycles. The van der Waals surface area contributed by atoms with Crippen molar-refractivity contribution in [3.8, 4) is 5.75 Å². The lowest BCUT2D eigenvalue weighted by Crippen LogP contribution is -2.16. The molecule has 0 fully saturated rings. The van der Waals surface area contributed by atoms with E-state index in [2.05, 4.69) is 10.4 Å². The highest BCUT2D eigenvalue weighted by atomic mass is 16.6. The average Bonchev–Trinajstić information content (AvgIpc) is 3.09. The van der Waals surface area contributed by atoms with Crippen molar-refractivity contribution in [1.29, 1.82) is 0 Å². The minimum absolute atomic E-state index is 0.0885. The lowest BCUT2D eigenvalue weighted by Gasteiger charge is -2.10. The molecule has 27 heavy (non-hydrogen) atoms. The maximum absolute atomic E-state index is 12.5. The topological polar surface area (TPSA) is 99.3 Å². The molecule has 2 aromatic carbocycles. The maximum atomic E-state index is 12.5. The number of carbonyl (C=O) groups excluding carboxylic acids is 1. The maximum Gasteiger partial charge on any atom is 0.273 e. The first-order valence-corrected chi connectivity index (χ1v) is 8.19. The summed E-state index contributed by atoms with van der Waals surface area (Å²) in [7, 11) is 1.60. The van der Waals surface area contributed by atoms with E-state index in [9.17, 15) is 14.9 Å². The Bertz CT molecular complexity index is 980. The lowest BCUT2D eigenvalue weighted by atomic mass is 10.1. The summed E-state index contributed by atoms with van der Waals surface area (Å²) in [5.41, 5.74) is 1.61. The number of nitrogens with one attached hydrogen (secondary N) is 1. The number of rotatable bonds is 6. The van der Waals surface area contributed by atoms with Gasteiger partial charge in [0.1, 0.15) is 11.6 Å². The Balaban J connectivity index is 1.77. The fourth-order valence-corrected chi connectivity index (χ4v) is 2.60. The Morgan fingerprint density at radius 1 is 1.22 bits per heavy atom. The third-order valence-corrected chi connectivity index (χ3v) is 4.12. The van der Waals surface area contributed by atoms with Crippen molar-refractivity contribution in [2.75, 3.05) is 12.4 Å². The summed E-state index contributed by atoms with van der Waals surface area (Å²) in [6.45, 7) is 2.09. The van der Waals surface area contributed by atoms with Crippen molar-refractivity contribution in [3.63, 3.8) is 0 Å². The van der Waals surface area contributed by atoms with Gasteiger partial charge in [-0.15, -0.1) is 0 Å². The Morgan fingerprint density at radius 2 is 1.96 bits per heavy atom. The Morgan fingerprint density at radius 3 is 2.63 bits per heavy atom. The third-order valence-electron chi connectivity index (χ3n) is 4.12. The number of aryl methyl sites for hydroxylation is 1. The number of benzene rings is 2. The van der Waals surface area contributed by atoms with Gasteiger partial charge in [0.2, 0.25) is 0 Å². The van der Waals surface area contributed by atoms with Gasteiger partial charge in [-0.3, -0.25) is 14.9 Å². The monoisotopic (exact) mass is 366 g/mol. The number of carbonyl (C=O) groups is 1. The molecule has 1 aromatic heterocycles. The van der Waals surface area contributed by atoms with Crippen molar-refractivity contribution in [2.24, 2.45) is 0 Å². The zero-order chi connectivity index (χ0) is 19.4. The molecule has 0 saturated carbocycles. The summed E-state index contributed by atoms with van der Waals surface area (Å²) in [5, 5.41) is 18.0. The minimum atomic E-state index is -0.500. The smallest absolute Gasteiger partial charge is 0.273 e. The van der Waals surface area contributed by atoms with E-state index in [1.807, 2.05) is 24.3 Å². The number of aromatic nitrogens is 2. The van der Waals surface area contributed by atoms with E-state index in [1.54, 1.807) is 43.1 Å². The van der Waals surface area contributed by atoms with Crippen LogP contribution in [-0.2, 0) is 6.54 Å². The first kappa shape index (κ1) is 18.1. The molecule has 1 heterocycles. The Kier molecular flexibility index (Phi) is 5.16. The van der Waals surface area contributed by atoms with Crippen molar-refractivity contribution >= 4 is 17.4 Å². The first-order valence-electron chi connectivity index (χ1n) is 8.19. The number of nitro benzene ring substituents is 1. The molecule has 0 spiro atoms. The quantitative estimate of drug-likeness (QED) is 0.532. The van der Waals surface area contributed by atoms with Crippen LogP contribution in [0.1, 0.15) is 21.5 Å². The molecule has 1 amide bonds. The zero-order valence-corrected chi connectivity index (χ0v) is 14.9. The third kappa shape index (κ3) is 4.12. The highest BCUT2D eigenvalue weighted by Gasteiger charge is 2.16. The van der Waals surface area contributed by atoms with Gasteiger partial charge in [-0.2, -0.15) is 5.10 Å². The molecule has 0 saturated heterocycles. The van der Waals surface area contributed by atoms with Crippen LogP contribution in [0.25, 0.3) is 0 Å². The van der Waals surface area contributed by atoms with E-state index < -0.39 is 10.8 Å². The molecular weight excluding hydrogens is 348 g/mol. The van der Waals surface area contributed by atoms with Gasteiger partial charge in [0.05, 0.1) is 24.8 Å². The standard InChI is InChI=1S/C19H18N4O4/c1-13-3-6-15(11-17(13)23(25)26)19(24)21-18-9-10-20-22(18)12-14-4-7-16(27-2)8-5-14/h3-11H,12H2,1-2H3,(H,21,24). The number of nitro groups is 1. The van der Waals surface area contributed by atoms with Crippen LogP contribution in [0.15, 0.2) is 54.7 Å². The number of hydrogen-bond acceptors (Lipinski definition) is 5. The van der Waals surface area contributed by atoms with E-state index in [0.29, 0.717) is 17.9 Å². The van der Waals surface area contributed by atoms with Crippen LogP contribution in [0, 0.1) is 17.0 Å². The van der Waals surface area contributed by atoms with Gasteiger partial charge in [-0.1, -0.05) is 18.2 Å². The second-order valence-corrected chi connectivity index (χ2v) is 5.93. The van der Waals surface area contributed by atoms with Crippen LogP contribution in [0.5, 0.6) is 5.75 Å². The number of amides is 1. The van der Waals surface area contributed by atoms with Crippen molar-refractivity contribution in [3.05, 3.63) is 81.5 Å². The molecule has 0 atom stereocenters. The summed E-state index contributed by atoms with van der Waals surface area (Å²) in [6, 6.07) is 13.6. The number of ether oxygens (including phenoxy) is 1. The molecule has 0 unspecified atom stereocenters. The largest absolute Gasteiger partial charge is 0.497 e. The van der Waals surface area contributed by atoms with E-state index in [4.69, 9.17) is 4.74 Å². The van der Waals surface area contributed by atoms with Crippen molar-refractivity contribution < 1.29 is 14.5 Å². The van der Waals surface area contributed by atoms with E-state index in [-0.39, 0.29) is 11.3 Å². The SMILES string of the molecule is COc1ccc(Cn2nccc2NC(=O)c2ccc(C)c([N+](=O)[O-])c2)cc1. The van der Waals surface area contributed by atoms with Crippen molar-refractivity contribution in [2.45, 2.75) is 13.5 Å². The summed E-state index contributed by atoms with van der Waals surface area (Å²) >= 11 is 0. The number of nitrogens with zero attached hydrogens (tertiary/aromatic N) is 3. The summed E-state index contributed by atoms with van der Waals surface area (Å²) in [6.07, 6.45) is 1.58. The van der Waals surface area contributed by atoms with E-state index in [0.717, 1.165) is 11.3 Å². The minimum Gasteiger partial charge on any atom is -0.497 e. The second-order valence-electron chi connectivity index (χ2n) is 5.93. The van der Waals surface area contributed by atoms with Crippen LogP contribution in [0.4, 0.5) is 11.5 Å². The molecule has 138 valence electrons. The molecular formula is C19H18N4O4. The van der Waals surface area contributed by atoms with Crippen LogP contribution >= 0.6 is 0 Å². The summed E-state index contributed by atoms with van der Waals surface area (Å²) in [4.78, 5) is 23.1. The van der Waals surface area contributed by atoms with Crippen LogP contribution in [0.2, 0.25) is 0 Å². The van der Waals surface area contributed by atoms with Crippen LogP contribution in [0.3, 0.4) is 0 Å². The van der Waals surface area contributed by atoms with Crippen LogP contribution < -0.4 is 10.1 Å². The summed E-state index contributed by atoms with van der Waals surface area (Å²) in [5.74, 6) is 0.822. The van der Waals surface area contributed by atoms with Crippen molar-refractivity contribution in [1.82, 2.24) is 9.78 Å². The van der Waals surface area contributed by atoms with E-state index >= 15 is 0 Å². The predicted molar refractivity (Wildman–Crippen MR) is 100 cm³/mol. The summed E-state index contributed by atoms with van der Waals surface area (Å²) < 4.78 is 6.78. The molecule has 0 radical (unpaired) electrons. The second kappa shape index (κ2) is 7.69. The van der Waals surface area contributed by atoms with Gasteiger partial charge >= 0.3 is 0 Å². The highest BCUT2D eigenvalue weighted by molar-refractivity contribution is 6.04. The predicted octanol–water partition coefficient (Wildman–Crippen LogP) is 3.41. The van der Waals surface area contributed by atoms with Gasteiger partial charge in [-0.25, -0.2) is 4.68 Å². The number of methoxy groups -OCH3 is 1. The van der Waals surface area contributed by atoms with Crippen LogP contribution in [-0.4, -0.2) is 27.7 Å². The molecule has 1 N–H and O–H groups in total. The molecule has 3 aromatic rings. The zero-order valence-electron chi connectivity index (χ0n) is 14.9. The first-order chi connectivity index (χ1) is 13.0. The van der Waals surface area contributed by atoms with Gasteiger partial charge in [-0.05, 0) is 30.7 Å². The normalized spacial score (nSPS) is 10.4. The lowest BCUT2D eigenvalue weighted by molar-refractivity contribution is -0.385. The molecule has 3 rings (SSSR count). The molecule has 0 aliphatic rings. The van der Waals surface area contributed by atoms with E-state index in [1.165, 1.54) is 6.07 Å². The van der Waals surface area contributed by atoms with Gasteiger partial charge < -0.3 is 10.1 Å². The Labute approximate surface area is 155 Å². The Hall–Kier alpha value is -3.68. The molecule has 0 bridgehead atoms. The molecule has 0 aliphatic carbocycles. The van der Waals surface area contributed by atoms with Gasteiger partial charge in [0.15, 0.2) is 0 Å². The van der Waals surface area contributed by atoms with Gasteiger partial charge in [0, 0.05) is 23.3 Å². The number of hydrogen-bond donors (Lipinski definition) is 1.